The van der Waals surface area contributed by atoms with E-state index >= 15 is 0 Å². The SMILES string of the molecule is CC1CCC(C(=O)N2CCSCC2C(=O)O)CC1. The van der Waals surface area contributed by atoms with Crippen LogP contribution in [0.4, 0.5) is 0 Å². The zero-order valence-corrected chi connectivity index (χ0v) is 11.6. The van der Waals surface area contributed by atoms with Gasteiger partial charge in [0.1, 0.15) is 6.04 Å². The van der Waals surface area contributed by atoms with Gasteiger partial charge in [-0.3, -0.25) is 4.79 Å². The summed E-state index contributed by atoms with van der Waals surface area (Å²) in [5.74, 6) is 1.38. The summed E-state index contributed by atoms with van der Waals surface area (Å²) in [6.07, 6.45) is 4.04. The Balaban J connectivity index is 2.00. The molecule has 18 heavy (non-hydrogen) atoms. The maximum absolute atomic E-state index is 12.4. The van der Waals surface area contributed by atoms with E-state index in [-0.39, 0.29) is 11.8 Å². The molecule has 102 valence electrons. The van der Waals surface area contributed by atoms with Gasteiger partial charge in [0.15, 0.2) is 0 Å². The third-order valence-electron chi connectivity index (χ3n) is 4.06. The lowest BCUT2D eigenvalue weighted by Gasteiger charge is -2.36. The van der Waals surface area contributed by atoms with Crippen LogP contribution in [0.3, 0.4) is 0 Å². The summed E-state index contributed by atoms with van der Waals surface area (Å²) in [6.45, 7) is 2.81. The predicted molar refractivity (Wildman–Crippen MR) is 71.6 cm³/mol. The normalized spacial score (nSPS) is 33.2. The zero-order valence-electron chi connectivity index (χ0n) is 10.8. The Hall–Kier alpha value is -0.710. The van der Waals surface area contributed by atoms with E-state index in [1.165, 1.54) is 0 Å². The van der Waals surface area contributed by atoms with Crippen molar-refractivity contribution >= 4 is 23.6 Å². The van der Waals surface area contributed by atoms with Crippen LogP contribution in [0.2, 0.25) is 0 Å². The lowest BCUT2D eigenvalue weighted by Crippen LogP contribution is -2.52. The maximum atomic E-state index is 12.4. The Morgan fingerprint density at radius 3 is 2.50 bits per heavy atom. The van der Waals surface area contributed by atoms with E-state index in [4.69, 9.17) is 0 Å². The van der Waals surface area contributed by atoms with Crippen LogP contribution in [0.15, 0.2) is 0 Å². The summed E-state index contributed by atoms with van der Waals surface area (Å²) >= 11 is 1.62. The van der Waals surface area contributed by atoms with Gasteiger partial charge in [0.05, 0.1) is 0 Å². The van der Waals surface area contributed by atoms with Crippen LogP contribution >= 0.6 is 11.8 Å². The monoisotopic (exact) mass is 271 g/mol. The van der Waals surface area contributed by atoms with E-state index < -0.39 is 12.0 Å². The summed E-state index contributed by atoms with van der Waals surface area (Å²) in [5.41, 5.74) is 0. The van der Waals surface area contributed by atoms with Crippen molar-refractivity contribution in [2.24, 2.45) is 11.8 Å². The Bertz CT molecular complexity index is 326. The largest absolute Gasteiger partial charge is 0.480 e. The number of carbonyl (C=O) groups is 2. The highest BCUT2D eigenvalue weighted by atomic mass is 32.2. The second kappa shape index (κ2) is 5.95. The van der Waals surface area contributed by atoms with Crippen molar-refractivity contribution in [1.29, 1.82) is 0 Å². The molecule has 0 aromatic rings. The highest BCUT2D eigenvalue weighted by molar-refractivity contribution is 7.99. The standard InChI is InChI=1S/C13H21NO3S/c1-9-2-4-10(5-3-9)12(15)14-6-7-18-8-11(14)13(16)17/h9-11H,2-8H2,1H3,(H,16,17). The minimum Gasteiger partial charge on any atom is -0.480 e. The van der Waals surface area contributed by atoms with Gasteiger partial charge in [-0.15, -0.1) is 0 Å². The van der Waals surface area contributed by atoms with E-state index in [0.717, 1.165) is 31.4 Å². The quantitative estimate of drug-likeness (QED) is 0.832. The van der Waals surface area contributed by atoms with Gasteiger partial charge in [-0.25, -0.2) is 4.79 Å². The third kappa shape index (κ3) is 2.99. The molecule has 0 aromatic carbocycles. The van der Waals surface area contributed by atoms with Crippen molar-refractivity contribution in [3.63, 3.8) is 0 Å². The summed E-state index contributed by atoms with van der Waals surface area (Å²) in [4.78, 5) is 25.2. The molecule has 1 saturated heterocycles. The Morgan fingerprint density at radius 1 is 1.22 bits per heavy atom. The summed E-state index contributed by atoms with van der Waals surface area (Å²) in [6, 6.07) is -0.615. The number of aliphatic carboxylic acids is 1. The molecule has 1 aliphatic heterocycles. The molecule has 1 atom stereocenters. The number of rotatable bonds is 2. The molecule has 2 aliphatic rings. The molecular formula is C13H21NO3S. The highest BCUT2D eigenvalue weighted by Crippen LogP contribution is 2.31. The first-order chi connectivity index (χ1) is 8.59. The first-order valence-corrected chi connectivity index (χ1v) is 7.86. The summed E-state index contributed by atoms with van der Waals surface area (Å²) in [7, 11) is 0. The second-order valence-corrected chi connectivity index (χ2v) is 6.57. The Labute approximate surface area is 112 Å². The van der Waals surface area contributed by atoms with Crippen LogP contribution in [0.25, 0.3) is 0 Å². The van der Waals surface area contributed by atoms with Crippen LogP contribution < -0.4 is 0 Å². The van der Waals surface area contributed by atoms with Crippen LogP contribution in [-0.2, 0) is 9.59 Å². The molecule has 2 fully saturated rings. The Kier molecular flexibility index (Phi) is 4.54. The number of amides is 1. The maximum Gasteiger partial charge on any atom is 0.327 e. The number of carboxylic acid groups (broad SMARTS) is 1. The van der Waals surface area contributed by atoms with Crippen molar-refractivity contribution in [2.75, 3.05) is 18.1 Å². The molecule has 1 unspecified atom stereocenters. The van der Waals surface area contributed by atoms with Crippen molar-refractivity contribution in [2.45, 2.75) is 38.6 Å². The predicted octanol–water partition coefficient (Wildman–Crippen LogP) is 1.84. The molecule has 1 aliphatic carbocycles. The van der Waals surface area contributed by atoms with Crippen molar-refractivity contribution in [3.05, 3.63) is 0 Å². The number of carboxylic acids is 1. The van der Waals surface area contributed by atoms with Crippen molar-refractivity contribution in [1.82, 2.24) is 4.90 Å². The molecule has 0 bridgehead atoms. The number of hydrogen-bond acceptors (Lipinski definition) is 3. The topological polar surface area (TPSA) is 57.6 Å². The fourth-order valence-corrected chi connectivity index (χ4v) is 3.85. The molecular weight excluding hydrogens is 250 g/mol. The summed E-state index contributed by atoms with van der Waals surface area (Å²) in [5, 5.41) is 9.19. The lowest BCUT2D eigenvalue weighted by molar-refractivity contribution is -0.151. The highest BCUT2D eigenvalue weighted by Gasteiger charge is 2.36. The van der Waals surface area contributed by atoms with Gasteiger partial charge in [0.25, 0.3) is 0 Å². The van der Waals surface area contributed by atoms with Gasteiger partial charge in [-0.2, -0.15) is 11.8 Å². The van der Waals surface area contributed by atoms with E-state index in [0.29, 0.717) is 18.2 Å². The van der Waals surface area contributed by atoms with Gasteiger partial charge in [0.2, 0.25) is 5.91 Å². The third-order valence-corrected chi connectivity index (χ3v) is 5.08. The van der Waals surface area contributed by atoms with Gasteiger partial charge >= 0.3 is 5.97 Å². The van der Waals surface area contributed by atoms with Crippen molar-refractivity contribution in [3.8, 4) is 0 Å². The molecule has 0 spiro atoms. The van der Waals surface area contributed by atoms with E-state index in [1.807, 2.05) is 0 Å². The average Bonchev–Trinajstić information content (AvgIpc) is 2.39. The minimum atomic E-state index is -0.861. The van der Waals surface area contributed by atoms with Crippen LogP contribution in [0.5, 0.6) is 0 Å². The molecule has 2 rings (SSSR count). The van der Waals surface area contributed by atoms with Crippen LogP contribution in [-0.4, -0.2) is 46.0 Å². The molecule has 1 heterocycles. The average molecular weight is 271 g/mol. The van der Waals surface area contributed by atoms with Gasteiger partial charge in [0, 0.05) is 24.0 Å². The van der Waals surface area contributed by atoms with Crippen LogP contribution in [0.1, 0.15) is 32.6 Å². The smallest absolute Gasteiger partial charge is 0.327 e. The van der Waals surface area contributed by atoms with Crippen LogP contribution in [0, 0.1) is 11.8 Å². The van der Waals surface area contributed by atoms with E-state index in [2.05, 4.69) is 6.92 Å². The molecule has 0 radical (unpaired) electrons. The number of hydrogen-bond donors (Lipinski definition) is 1. The van der Waals surface area contributed by atoms with Gasteiger partial charge < -0.3 is 10.0 Å². The van der Waals surface area contributed by atoms with Gasteiger partial charge in [-0.05, 0) is 31.6 Å². The minimum absolute atomic E-state index is 0.0612. The fourth-order valence-electron chi connectivity index (χ4n) is 2.81. The molecule has 1 N–H and O–H groups in total. The number of carbonyl (C=O) groups excluding carboxylic acids is 1. The van der Waals surface area contributed by atoms with E-state index in [1.54, 1.807) is 16.7 Å². The molecule has 5 heteroatoms. The molecule has 1 amide bonds. The first-order valence-electron chi connectivity index (χ1n) is 6.70. The van der Waals surface area contributed by atoms with Gasteiger partial charge in [-0.1, -0.05) is 6.92 Å². The van der Waals surface area contributed by atoms with E-state index in [9.17, 15) is 14.7 Å². The zero-order chi connectivity index (χ0) is 13.1. The number of nitrogens with zero attached hydrogens (tertiary/aromatic N) is 1. The molecule has 0 aromatic heterocycles. The number of thioether (sulfide) groups is 1. The molecule has 1 saturated carbocycles. The second-order valence-electron chi connectivity index (χ2n) is 5.42. The first kappa shape index (κ1) is 13.7. The Morgan fingerprint density at radius 2 is 1.89 bits per heavy atom. The molecule has 4 nitrogen and oxygen atoms in total. The van der Waals surface area contributed by atoms with Crippen molar-refractivity contribution < 1.29 is 14.7 Å². The fraction of sp³-hybridized carbons (Fsp3) is 0.846. The lowest BCUT2D eigenvalue weighted by atomic mass is 9.82. The summed E-state index contributed by atoms with van der Waals surface area (Å²) < 4.78 is 0.